The number of hydrogen-bond donors (Lipinski definition) is 1. The van der Waals surface area contributed by atoms with Gasteiger partial charge in [0.05, 0.1) is 18.6 Å². The Morgan fingerprint density at radius 2 is 2.21 bits per heavy atom. The first-order chi connectivity index (χ1) is 11.7. The lowest BCUT2D eigenvalue weighted by Gasteiger charge is -2.28. The quantitative estimate of drug-likeness (QED) is 0.897. The van der Waals surface area contributed by atoms with Gasteiger partial charge in [0.25, 0.3) is 0 Å². The van der Waals surface area contributed by atoms with E-state index in [1.165, 1.54) is 16.7 Å². The maximum atomic E-state index is 12.2. The summed E-state index contributed by atoms with van der Waals surface area (Å²) >= 11 is 1.50. The highest BCUT2D eigenvalue weighted by molar-refractivity contribution is 8.00. The number of benzene rings is 1. The minimum atomic E-state index is -0.208. The zero-order valence-corrected chi connectivity index (χ0v) is 14.0. The number of nitrogens with one attached hydrogen (secondary N) is 1. The lowest BCUT2D eigenvalue weighted by Crippen LogP contribution is -2.43. The largest absolute Gasteiger partial charge is 0.481 e. The van der Waals surface area contributed by atoms with Gasteiger partial charge in [-0.15, -0.1) is 11.8 Å². The fourth-order valence-electron chi connectivity index (χ4n) is 2.40. The molecule has 2 heterocycles. The molecule has 0 radical (unpaired) electrons. The van der Waals surface area contributed by atoms with Crippen molar-refractivity contribution in [3.05, 3.63) is 48.2 Å². The van der Waals surface area contributed by atoms with E-state index in [-0.39, 0.29) is 18.4 Å². The van der Waals surface area contributed by atoms with Crippen LogP contribution in [0.15, 0.2) is 47.5 Å². The molecule has 0 saturated carbocycles. The number of aromatic nitrogens is 1. The average Bonchev–Trinajstić information content (AvgIpc) is 2.62. The summed E-state index contributed by atoms with van der Waals surface area (Å²) in [7, 11) is 1.54. The molecule has 1 aromatic carbocycles. The van der Waals surface area contributed by atoms with Crippen molar-refractivity contribution in [2.75, 3.05) is 24.3 Å². The van der Waals surface area contributed by atoms with Gasteiger partial charge in [-0.25, -0.2) is 4.98 Å². The third kappa shape index (κ3) is 3.68. The van der Waals surface area contributed by atoms with Crippen LogP contribution < -0.4 is 15.0 Å². The molecule has 1 aliphatic rings. The highest BCUT2D eigenvalue weighted by Gasteiger charge is 2.25. The molecule has 2 amide bonds. The molecular weight excluding hydrogens is 326 g/mol. The molecule has 1 aromatic heterocycles. The molecule has 0 aliphatic carbocycles. The summed E-state index contributed by atoms with van der Waals surface area (Å²) in [6.07, 6.45) is 1.63. The van der Waals surface area contributed by atoms with Gasteiger partial charge in [-0.3, -0.25) is 9.59 Å². The molecule has 0 unspecified atom stereocenters. The summed E-state index contributed by atoms with van der Waals surface area (Å²) in [4.78, 5) is 31.0. The van der Waals surface area contributed by atoms with E-state index in [2.05, 4.69) is 10.3 Å². The number of ether oxygens (including phenoxy) is 1. The van der Waals surface area contributed by atoms with Crippen molar-refractivity contribution >= 4 is 29.3 Å². The van der Waals surface area contributed by atoms with Crippen molar-refractivity contribution in [2.45, 2.75) is 11.4 Å². The molecule has 0 saturated heterocycles. The second-order valence-corrected chi connectivity index (χ2v) is 6.24. The van der Waals surface area contributed by atoms with Gasteiger partial charge >= 0.3 is 0 Å². The Morgan fingerprint density at radius 3 is 3.04 bits per heavy atom. The number of carbonyl (C=O) groups is 2. The second-order valence-electron chi connectivity index (χ2n) is 5.22. The van der Waals surface area contributed by atoms with E-state index >= 15 is 0 Å². The van der Waals surface area contributed by atoms with Gasteiger partial charge in [0, 0.05) is 23.7 Å². The number of hydrogen-bond acceptors (Lipinski definition) is 5. The van der Waals surface area contributed by atoms with Gasteiger partial charge in [0.1, 0.15) is 6.54 Å². The molecule has 24 heavy (non-hydrogen) atoms. The first kappa shape index (κ1) is 16.3. The van der Waals surface area contributed by atoms with Gasteiger partial charge in [-0.1, -0.05) is 12.1 Å². The van der Waals surface area contributed by atoms with Crippen LogP contribution in [0, 0.1) is 0 Å². The number of fused-ring (bicyclic) bond motifs is 1. The molecule has 0 bridgehead atoms. The van der Waals surface area contributed by atoms with Crippen molar-refractivity contribution in [2.24, 2.45) is 0 Å². The minimum absolute atomic E-state index is 0.0125. The van der Waals surface area contributed by atoms with Crippen LogP contribution in [0.5, 0.6) is 5.88 Å². The summed E-state index contributed by atoms with van der Waals surface area (Å²) in [6, 6.07) is 11.2. The Labute approximate surface area is 144 Å². The predicted octanol–water partition coefficient (Wildman–Crippen LogP) is 1.85. The van der Waals surface area contributed by atoms with Crippen molar-refractivity contribution in [3.8, 4) is 5.88 Å². The number of nitrogens with zero attached hydrogens (tertiary/aromatic N) is 2. The van der Waals surface area contributed by atoms with Crippen LogP contribution >= 0.6 is 11.8 Å². The first-order valence-corrected chi connectivity index (χ1v) is 8.44. The lowest BCUT2D eigenvalue weighted by molar-refractivity contribution is -0.123. The summed E-state index contributed by atoms with van der Waals surface area (Å²) in [5, 5.41) is 2.83. The Hall–Kier alpha value is -2.54. The van der Waals surface area contributed by atoms with Crippen molar-refractivity contribution in [3.63, 3.8) is 0 Å². The number of carbonyl (C=O) groups excluding carboxylic acids is 2. The first-order valence-electron chi connectivity index (χ1n) is 7.45. The lowest BCUT2D eigenvalue weighted by atomic mass is 10.2. The summed E-state index contributed by atoms with van der Waals surface area (Å²) in [5.74, 6) is 0.588. The standard InChI is InChI=1S/C17H17N3O3S/c1-23-16-8-12(6-7-18-16)9-19-15(21)10-20-13-4-2-3-5-14(13)24-11-17(20)22/h2-8H,9-11H2,1H3,(H,19,21). The number of methoxy groups -OCH3 is 1. The number of rotatable bonds is 5. The van der Waals surface area contributed by atoms with Crippen LogP contribution in [-0.4, -0.2) is 36.2 Å². The van der Waals surface area contributed by atoms with E-state index in [0.29, 0.717) is 18.2 Å². The average molecular weight is 343 g/mol. The molecule has 6 nitrogen and oxygen atoms in total. The third-order valence-electron chi connectivity index (χ3n) is 3.61. The normalized spacial score (nSPS) is 13.4. The van der Waals surface area contributed by atoms with Crippen molar-refractivity contribution in [1.29, 1.82) is 0 Å². The molecule has 0 spiro atoms. The summed E-state index contributed by atoms with van der Waals surface area (Å²) < 4.78 is 5.06. The topological polar surface area (TPSA) is 71.5 Å². The molecule has 7 heteroatoms. The van der Waals surface area contributed by atoms with Gasteiger partial charge in [-0.05, 0) is 23.8 Å². The molecule has 1 aliphatic heterocycles. The maximum Gasteiger partial charge on any atom is 0.240 e. The van der Waals surface area contributed by atoms with Gasteiger partial charge in [0.15, 0.2) is 0 Å². The fourth-order valence-corrected chi connectivity index (χ4v) is 3.34. The van der Waals surface area contributed by atoms with Crippen LogP contribution in [0.25, 0.3) is 0 Å². The van der Waals surface area contributed by atoms with E-state index in [9.17, 15) is 9.59 Å². The van der Waals surface area contributed by atoms with Crippen molar-refractivity contribution < 1.29 is 14.3 Å². The second kappa shape index (κ2) is 7.35. The summed E-state index contributed by atoms with van der Waals surface area (Å²) in [5.41, 5.74) is 1.68. The van der Waals surface area contributed by atoms with Crippen LogP contribution in [0.4, 0.5) is 5.69 Å². The molecule has 124 valence electrons. The van der Waals surface area contributed by atoms with E-state index in [0.717, 1.165) is 16.1 Å². The number of amides is 2. The molecule has 0 atom stereocenters. The van der Waals surface area contributed by atoms with E-state index in [1.807, 2.05) is 24.3 Å². The van der Waals surface area contributed by atoms with E-state index in [4.69, 9.17) is 4.74 Å². The monoisotopic (exact) mass is 343 g/mol. The summed E-state index contributed by atoms with van der Waals surface area (Å²) in [6.45, 7) is 0.370. The fraction of sp³-hybridized carbons (Fsp3) is 0.235. The molecule has 3 rings (SSSR count). The Morgan fingerprint density at radius 1 is 1.38 bits per heavy atom. The zero-order chi connectivity index (χ0) is 16.9. The highest BCUT2D eigenvalue weighted by Crippen LogP contribution is 2.34. The number of anilines is 1. The van der Waals surface area contributed by atoms with Gasteiger partial charge in [-0.2, -0.15) is 0 Å². The van der Waals surface area contributed by atoms with Crippen LogP contribution in [0.1, 0.15) is 5.56 Å². The van der Waals surface area contributed by atoms with Crippen LogP contribution in [-0.2, 0) is 16.1 Å². The van der Waals surface area contributed by atoms with Crippen LogP contribution in [0.2, 0.25) is 0 Å². The molecular formula is C17H17N3O3S. The number of pyridine rings is 1. The third-order valence-corrected chi connectivity index (χ3v) is 4.66. The maximum absolute atomic E-state index is 12.2. The van der Waals surface area contributed by atoms with Crippen LogP contribution in [0.3, 0.4) is 0 Å². The van der Waals surface area contributed by atoms with Gasteiger partial charge in [0.2, 0.25) is 17.7 Å². The number of para-hydroxylation sites is 1. The highest BCUT2D eigenvalue weighted by atomic mass is 32.2. The minimum Gasteiger partial charge on any atom is -0.481 e. The zero-order valence-electron chi connectivity index (χ0n) is 13.2. The van der Waals surface area contributed by atoms with Crippen molar-refractivity contribution in [1.82, 2.24) is 10.3 Å². The Bertz CT molecular complexity index is 766. The van der Waals surface area contributed by atoms with E-state index < -0.39 is 0 Å². The molecule has 1 N–H and O–H groups in total. The molecule has 2 aromatic rings. The van der Waals surface area contributed by atoms with E-state index in [1.54, 1.807) is 25.4 Å². The molecule has 0 fully saturated rings. The predicted molar refractivity (Wildman–Crippen MR) is 92.2 cm³/mol. The Balaban J connectivity index is 1.63. The Kier molecular flexibility index (Phi) is 5.00. The van der Waals surface area contributed by atoms with Gasteiger partial charge < -0.3 is 15.0 Å². The number of thioether (sulfide) groups is 1. The smallest absolute Gasteiger partial charge is 0.240 e. The SMILES string of the molecule is COc1cc(CNC(=O)CN2C(=O)CSc3ccccc32)ccn1.